The molecule has 4 rings (SSSR count). The summed E-state index contributed by atoms with van der Waals surface area (Å²) < 4.78 is 5.69. The number of fused-ring (bicyclic) bond motifs is 1. The van der Waals surface area contributed by atoms with E-state index in [2.05, 4.69) is 11.4 Å². The van der Waals surface area contributed by atoms with Gasteiger partial charge in [-0.25, -0.2) is 4.79 Å². The van der Waals surface area contributed by atoms with Crippen molar-refractivity contribution in [1.29, 1.82) is 5.26 Å². The van der Waals surface area contributed by atoms with E-state index in [0.29, 0.717) is 23.3 Å². The molecule has 0 saturated carbocycles. The third kappa shape index (κ3) is 1.86. The Bertz CT molecular complexity index is 669. The summed E-state index contributed by atoms with van der Waals surface area (Å²) in [6.07, 6.45) is 0. The number of urea groups is 1. The van der Waals surface area contributed by atoms with Crippen molar-refractivity contribution in [3.63, 3.8) is 0 Å². The fourth-order valence-electron chi connectivity index (χ4n) is 3.47. The molecular weight excluding hydrogens is 280 g/mol. The average Bonchev–Trinajstić information content (AvgIpc) is 2.43. The van der Waals surface area contributed by atoms with E-state index in [9.17, 15) is 4.79 Å². The molecule has 3 heterocycles. The van der Waals surface area contributed by atoms with Crippen LogP contribution in [-0.2, 0) is 0 Å². The molecule has 0 radical (unpaired) electrons. The van der Waals surface area contributed by atoms with Gasteiger partial charge in [-0.05, 0) is 19.1 Å². The van der Waals surface area contributed by atoms with Crippen LogP contribution in [0.4, 0.5) is 10.5 Å². The summed E-state index contributed by atoms with van der Waals surface area (Å²) in [5.74, 6) is 0.617. The second kappa shape index (κ2) is 4.62. The highest BCUT2D eigenvalue weighted by Gasteiger charge is 2.50. The quantitative estimate of drug-likeness (QED) is 0.780. The number of nitrogens with one attached hydrogen (secondary N) is 1. The summed E-state index contributed by atoms with van der Waals surface area (Å²) in [7, 11) is 0. The van der Waals surface area contributed by atoms with Gasteiger partial charge in [-0.15, -0.1) is 0 Å². The summed E-state index contributed by atoms with van der Waals surface area (Å²) in [5, 5.41) is 12.3. The van der Waals surface area contributed by atoms with Gasteiger partial charge >= 0.3 is 6.03 Å². The van der Waals surface area contributed by atoms with Gasteiger partial charge < -0.3 is 15.0 Å². The summed E-state index contributed by atoms with van der Waals surface area (Å²) in [6.45, 7) is 6.12. The van der Waals surface area contributed by atoms with E-state index in [1.165, 1.54) is 0 Å². The van der Waals surface area contributed by atoms with Gasteiger partial charge in [0.05, 0.1) is 23.4 Å². The lowest BCUT2D eigenvalue weighted by molar-refractivity contribution is -0.00992. The maximum Gasteiger partial charge on any atom is 0.325 e. The summed E-state index contributed by atoms with van der Waals surface area (Å²) in [5.41, 5.74) is 1.62. The van der Waals surface area contributed by atoms with Crippen molar-refractivity contribution >= 4 is 11.7 Å². The predicted octanol–water partition coefficient (Wildman–Crippen LogP) is 1.17. The van der Waals surface area contributed by atoms with Gasteiger partial charge in [0.1, 0.15) is 12.4 Å². The number of carbonyl (C=O) groups excluding carboxylic acids is 1. The monoisotopic (exact) mass is 298 g/mol. The molecule has 2 fully saturated rings. The molecule has 3 aliphatic heterocycles. The Labute approximate surface area is 129 Å². The van der Waals surface area contributed by atoms with Crippen LogP contribution in [0.1, 0.15) is 12.5 Å². The first-order valence-corrected chi connectivity index (χ1v) is 7.58. The number of nitrogens with zero attached hydrogens (tertiary/aromatic N) is 3. The zero-order chi connectivity index (χ0) is 15.3. The number of anilines is 1. The van der Waals surface area contributed by atoms with Crippen molar-refractivity contribution in [2.75, 3.05) is 37.7 Å². The van der Waals surface area contributed by atoms with E-state index in [0.717, 1.165) is 31.9 Å². The van der Waals surface area contributed by atoms with Crippen molar-refractivity contribution in [1.82, 2.24) is 10.2 Å². The average molecular weight is 298 g/mol. The van der Waals surface area contributed by atoms with Crippen LogP contribution in [0.5, 0.6) is 5.75 Å². The molecule has 6 heteroatoms. The lowest BCUT2D eigenvalue weighted by Crippen LogP contribution is -2.73. The number of hydrogen-bond acceptors (Lipinski definition) is 4. The minimum Gasteiger partial charge on any atom is -0.489 e. The highest BCUT2D eigenvalue weighted by Crippen LogP contribution is 2.39. The van der Waals surface area contributed by atoms with Crippen LogP contribution in [0.2, 0.25) is 0 Å². The molecule has 0 aliphatic carbocycles. The van der Waals surface area contributed by atoms with Crippen molar-refractivity contribution in [3.05, 3.63) is 23.8 Å². The zero-order valence-corrected chi connectivity index (χ0v) is 12.5. The van der Waals surface area contributed by atoms with Gasteiger partial charge in [-0.2, -0.15) is 5.26 Å². The van der Waals surface area contributed by atoms with E-state index >= 15 is 0 Å². The summed E-state index contributed by atoms with van der Waals surface area (Å²) in [6, 6.07) is 7.37. The molecule has 1 aromatic rings. The van der Waals surface area contributed by atoms with Crippen LogP contribution in [0, 0.1) is 16.7 Å². The third-order valence-electron chi connectivity index (χ3n) is 4.80. The van der Waals surface area contributed by atoms with E-state index in [-0.39, 0.29) is 12.1 Å². The van der Waals surface area contributed by atoms with Gasteiger partial charge in [0.15, 0.2) is 0 Å². The number of benzene rings is 1. The number of likely N-dealkylation sites (tertiary alicyclic amines) is 1. The van der Waals surface area contributed by atoms with Crippen LogP contribution in [0.15, 0.2) is 18.2 Å². The number of rotatable bonds is 0. The molecule has 1 N–H and O–H groups in total. The molecule has 1 unspecified atom stereocenters. The Morgan fingerprint density at radius 1 is 1.45 bits per heavy atom. The molecule has 114 valence electrons. The van der Waals surface area contributed by atoms with Gasteiger partial charge in [0.2, 0.25) is 0 Å². The smallest absolute Gasteiger partial charge is 0.325 e. The molecule has 1 aromatic carbocycles. The Balaban J connectivity index is 1.59. The van der Waals surface area contributed by atoms with Crippen LogP contribution in [0.25, 0.3) is 0 Å². The molecule has 2 amide bonds. The minimum absolute atomic E-state index is 0.0102. The van der Waals surface area contributed by atoms with Crippen molar-refractivity contribution in [3.8, 4) is 11.8 Å². The fourth-order valence-corrected chi connectivity index (χ4v) is 3.47. The second-order valence-corrected chi connectivity index (χ2v) is 6.57. The normalized spacial score (nSPS) is 24.6. The Kier molecular flexibility index (Phi) is 2.81. The maximum atomic E-state index is 12.8. The fraction of sp³-hybridized carbons (Fsp3) is 0.500. The molecular formula is C16H18N4O2. The van der Waals surface area contributed by atoms with Crippen molar-refractivity contribution < 1.29 is 9.53 Å². The predicted molar refractivity (Wildman–Crippen MR) is 80.9 cm³/mol. The van der Waals surface area contributed by atoms with E-state index in [1.807, 2.05) is 17.9 Å². The van der Waals surface area contributed by atoms with Crippen molar-refractivity contribution in [2.24, 2.45) is 5.41 Å². The van der Waals surface area contributed by atoms with E-state index in [4.69, 9.17) is 10.00 Å². The maximum absolute atomic E-state index is 12.8. The standard InChI is InChI=1S/C16H18N4O2/c1-11-6-22-14-4-12(5-17)2-3-13(14)20(11)15(21)19-9-16(10-19)7-18-8-16/h2-4,11,18H,6-10H2,1H3. The lowest BCUT2D eigenvalue weighted by Gasteiger charge is -2.57. The molecule has 1 spiro atoms. The molecule has 1 atom stereocenters. The summed E-state index contributed by atoms with van der Waals surface area (Å²) >= 11 is 0. The Morgan fingerprint density at radius 3 is 2.86 bits per heavy atom. The summed E-state index contributed by atoms with van der Waals surface area (Å²) in [4.78, 5) is 16.6. The highest BCUT2D eigenvalue weighted by atomic mass is 16.5. The minimum atomic E-state index is -0.0102. The molecule has 3 aliphatic rings. The Hall–Kier alpha value is -2.26. The third-order valence-corrected chi connectivity index (χ3v) is 4.80. The lowest BCUT2D eigenvalue weighted by atomic mass is 9.74. The Morgan fingerprint density at radius 2 is 2.23 bits per heavy atom. The SMILES string of the molecule is CC1COc2cc(C#N)ccc2N1C(=O)N1CC2(CNC2)C1. The van der Waals surface area contributed by atoms with Crippen molar-refractivity contribution in [2.45, 2.75) is 13.0 Å². The van der Waals surface area contributed by atoms with Crippen LogP contribution in [0.3, 0.4) is 0 Å². The van der Waals surface area contributed by atoms with Crippen LogP contribution in [-0.4, -0.2) is 49.8 Å². The van der Waals surface area contributed by atoms with E-state index < -0.39 is 0 Å². The van der Waals surface area contributed by atoms with Gasteiger partial charge in [-0.3, -0.25) is 4.90 Å². The first-order valence-electron chi connectivity index (χ1n) is 7.58. The first kappa shape index (κ1) is 13.4. The first-order chi connectivity index (χ1) is 10.6. The number of ether oxygens (including phenoxy) is 1. The molecule has 22 heavy (non-hydrogen) atoms. The van der Waals surface area contributed by atoms with Gasteiger partial charge in [-0.1, -0.05) is 0 Å². The van der Waals surface area contributed by atoms with Crippen LogP contribution < -0.4 is 15.0 Å². The number of hydrogen-bond donors (Lipinski definition) is 1. The van der Waals surface area contributed by atoms with Crippen LogP contribution >= 0.6 is 0 Å². The highest BCUT2D eigenvalue weighted by molar-refractivity contribution is 5.95. The molecule has 2 saturated heterocycles. The molecule has 0 bridgehead atoms. The number of carbonyl (C=O) groups is 1. The van der Waals surface area contributed by atoms with Gasteiger partial charge in [0.25, 0.3) is 0 Å². The molecule has 0 aromatic heterocycles. The van der Waals surface area contributed by atoms with E-state index in [1.54, 1.807) is 17.0 Å². The second-order valence-electron chi connectivity index (χ2n) is 6.57. The number of amides is 2. The zero-order valence-electron chi connectivity index (χ0n) is 12.5. The topological polar surface area (TPSA) is 68.6 Å². The number of nitriles is 1. The largest absolute Gasteiger partial charge is 0.489 e. The molecule has 6 nitrogen and oxygen atoms in total. The van der Waals surface area contributed by atoms with Gasteiger partial charge in [0, 0.05) is 37.7 Å².